The second-order valence-corrected chi connectivity index (χ2v) is 10.7. The van der Waals surface area contributed by atoms with E-state index in [1.165, 1.54) is 24.3 Å². The van der Waals surface area contributed by atoms with E-state index in [2.05, 4.69) is 5.32 Å². The molecule has 1 saturated carbocycles. The maximum atomic E-state index is 13.5. The van der Waals surface area contributed by atoms with Gasteiger partial charge in [-0.15, -0.1) is 0 Å². The number of nitrogens with one attached hydrogen (secondary N) is 1. The zero-order chi connectivity index (χ0) is 23.8. The van der Waals surface area contributed by atoms with Crippen molar-refractivity contribution in [3.8, 4) is 0 Å². The van der Waals surface area contributed by atoms with Crippen LogP contribution in [0.5, 0.6) is 0 Å². The lowest BCUT2D eigenvalue weighted by Gasteiger charge is -2.32. The molecule has 7 nitrogen and oxygen atoms in total. The van der Waals surface area contributed by atoms with Crippen molar-refractivity contribution in [1.29, 1.82) is 0 Å². The van der Waals surface area contributed by atoms with Crippen molar-refractivity contribution in [3.63, 3.8) is 0 Å². The first-order valence-electron chi connectivity index (χ1n) is 12.0. The fourth-order valence-electron chi connectivity index (χ4n) is 4.93. The summed E-state index contributed by atoms with van der Waals surface area (Å²) in [6.45, 7) is 9.13. The smallest absolute Gasteiger partial charge is 0.254 e. The van der Waals surface area contributed by atoms with Crippen LogP contribution in [0.2, 0.25) is 0 Å². The average Bonchev–Trinajstić information content (AvgIpc) is 3.50. The van der Waals surface area contributed by atoms with E-state index < -0.39 is 11.9 Å². The van der Waals surface area contributed by atoms with Crippen LogP contribution in [0, 0.1) is 11.2 Å². The fourth-order valence-corrected chi connectivity index (χ4v) is 4.93. The molecule has 1 aromatic rings. The number of nitrogens with zero attached hydrogens (tertiary/aromatic N) is 3. The molecular weight excluding hydrogens is 423 g/mol. The summed E-state index contributed by atoms with van der Waals surface area (Å²) >= 11 is 0. The first-order valence-corrected chi connectivity index (χ1v) is 12.0. The standard InChI is InChI=1S/C25H35FN4O3/c1-25(2,3)15-22(31)30(19-8-9-19)20-14-21(24(33)28-12-10-27-11-13-28)29(16-20)23(32)17-4-6-18(26)7-5-17/h4-7,19-21,27H,8-16H2,1-3H3. The summed E-state index contributed by atoms with van der Waals surface area (Å²) in [6, 6.07) is 4.83. The van der Waals surface area contributed by atoms with Gasteiger partial charge in [0.1, 0.15) is 11.9 Å². The molecule has 8 heteroatoms. The predicted molar refractivity (Wildman–Crippen MR) is 123 cm³/mol. The molecule has 2 heterocycles. The van der Waals surface area contributed by atoms with E-state index >= 15 is 0 Å². The Kier molecular flexibility index (Phi) is 6.75. The number of amides is 3. The molecule has 180 valence electrons. The molecule has 0 aromatic heterocycles. The fraction of sp³-hybridized carbons (Fsp3) is 0.640. The van der Waals surface area contributed by atoms with Gasteiger partial charge in [0.2, 0.25) is 11.8 Å². The van der Waals surface area contributed by atoms with E-state index in [1.807, 2.05) is 30.6 Å². The topological polar surface area (TPSA) is 73.0 Å². The average molecular weight is 459 g/mol. The monoisotopic (exact) mass is 458 g/mol. The molecule has 1 aliphatic carbocycles. The van der Waals surface area contributed by atoms with Crippen LogP contribution in [0.15, 0.2) is 24.3 Å². The van der Waals surface area contributed by atoms with Gasteiger partial charge in [0, 0.05) is 50.7 Å². The number of carbonyl (C=O) groups is 3. The molecule has 2 unspecified atom stereocenters. The number of benzene rings is 1. The third kappa shape index (κ3) is 5.54. The molecule has 2 saturated heterocycles. The van der Waals surface area contributed by atoms with Gasteiger partial charge in [-0.25, -0.2) is 4.39 Å². The minimum atomic E-state index is -0.616. The van der Waals surface area contributed by atoms with E-state index in [-0.39, 0.29) is 35.2 Å². The molecule has 0 radical (unpaired) electrons. The summed E-state index contributed by atoms with van der Waals surface area (Å²) < 4.78 is 13.4. The lowest BCUT2D eigenvalue weighted by atomic mass is 9.91. The van der Waals surface area contributed by atoms with Crippen molar-refractivity contribution in [2.45, 2.75) is 64.6 Å². The highest BCUT2D eigenvalue weighted by Gasteiger charge is 2.48. The third-order valence-electron chi connectivity index (χ3n) is 6.65. The summed E-state index contributed by atoms with van der Waals surface area (Å²) in [5, 5.41) is 3.25. The van der Waals surface area contributed by atoms with Crippen LogP contribution in [0.3, 0.4) is 0 Å². The van der Waals surface area contributed by atoms with E-state index in [1.54, 1.807) is 4.90 Å². The molecule has 3 amide bonds. The summed E-state index contributed by atoms with van der Waals surface area (Å²) in [6.07, 6.45) is 2.81. The lowest BCUT2D eigenvalue weighted by molar-refractivity contribution is -0.137. The Balaban J connectivity index is 1.59. The normalized spacial score (nSPS) is 23.5. The Hall–Kier alpha value is -2.48. The number of piperazine rings is 1. The molecule has 0 spiro atoms. The maximum Gasteiger partial charge on any atom is 0.254 e. The largest absolute Gasteiger partial charge is 0.338 e. The van der Waals surface area contributed by atoms with Gasteiger partial charge < -0.3 is 20.0 Å². The van der Waals surface area contributed by atoms with Gasteiger partial charge in [0.05, 0.1) is 6.04 Å². The van der Waals surface area contributed by atoms with Crippen LogP contribution in [-0.2, 0) is 9.59 Å². The Morgan fingerprint density at radius 3 is 2.27 bits per heavy atom. The number of hydrogen-bond acceptors (Lipinski definition) is 4. The summed E-state index contributed by atoms with van der Waals surface area (Å²) in [4.78, 5) is 45.6. The molecular formula is C25H35FN4O3. The highest BCUT2D eigenvalue weighted by molar-refractivity contribution is 5.98. The summed E-state index contributed by atoms with van der Waals surface area (Å²) in [5.41, 5.74) is 0.219. The van der Waals surface area contributed by atoms with Crippen molar-refractivity contribution in [2.24, 2.45) is 5.41 Å². The Morgan fingerprint density at radius 2 is 1.70 bits per heavy atom. The van der Waals surface area contributed by atoms with Crippen molar-refractivity contribution < 1.29 is 18.8 Å². The van der Waals surface area contributed by atoms with Gasteiger partial charge in [-0.2, -0.15) is 0 Å². The van der Waals surface area contributed by atoms with Crippen LogP contribution in [0.4, 0.5) is 4.39 Å². The van der Waals surface area contributed by atoms with E-state index in [0.29, 0.717) is 38.0 Å². The zero-order valence-electron chi connectivity index (χ0n) is 19.8. The highest BCUT2D eigenvalue weighted by atomic mass is 19.1. The third-order valence-corrected chi connectivity index (χ3v) is 6.65. The molecule has 1 aromatic carbocycles. The predicted octanol–water partition coefficient (Wildman–Crippen LogP) is 2.27. The number of carbonyl (C=O) groups excluding carboxylic acids is 3. The van der Waals surface area contributed by atoms with Gasteiger partial charge >= 0.3 is 0 Å². The Morgan fingerprint density at radius 1 is 1.06 bits per heavy atom. The maximum absolute atomic E-state index is 13.5. The number of hydrogen-bond donors (Lipinski definition) is 1. The van der Waals surface area contributed by atoms with Crippen molar-refractivity contribution in [3.05, 3.63) is 35.6 Å². The molecule has 33 heavy (non-hydrogen) atoms. The molecule has 3 aliphatic rings. The second kappa shape index (κ2) is 9.41. The Labute approximate surface area is 195 Å². The van der Waals surface area contributed by atoms with Crippen LogP contribution < -0.4 is 5.32 Å². The first kappa shape index (κ1) is 23.7. The van der Waals surface area contributed by atoms with Crippen LogP contribution >= 0.6 is 0 Å². The van der Waals surface area contributed by atoms with Crippen molar-refractivity contribution >= 4 is 17.7 Å². The first-order chi connectivity index (χ1) is 15.6. The van der Waals surface area contributed by atoms with Crippen LogP contribution in [0.1, 0.15) is 56.8 Å². The summed E-state index contributed by atoms with van der Waals surface area (Å²) in [5.74, 6) is -0.662. The van der Waals surface area contributed by atoms with E-state index in [0.717, 1.165) is 25.9 Å². The highest BCUT2D eigenvalue weighted by Crippen LogP contribution is 2.36. The van der Waals surface area contributed by atoms with Crippen LogP contribution in [-0.4, -0.2) is 83.3 Å². The number of likely N-dealkylation sites (tertiary alicyclic amines) is 1. The number of rotatable bonds is 5. The quantitative estimate of drug-likeness (QED) is 0.735. The van der Waals surface area contributed by atoms with Crippen molar-refractivity contribution in [1.82, 2.24) is 20.0 Å². The second-order valence-electron chi connectivity index (χ2n) is 10.7. The van der Waals surface area contributed by atoms with Gasteiger partial charge in [0.25, 0.3) is 5.91 Å². The summed E-state index contributed by atoms with van der Waals surface area (Å²) in [7, 11) is 0. The molecule has 4 rings (SSSR count). The minimum Gasteiger partial charge on any atom is -0.338 e. The van der Waals surface area contributed by atoms with Gasteiger partial charge in [-0.05, 0) is 48.9 Å². The van der Waals surface area contributed by atoms with Gasteiger partial charge in [0.15, 0.2) is 0 Å². The van der Waals surface area contributed by atoms with E-state index in [4.69, 9.17) is 0 Å². The minimum absolute atomic E-state index is 0.0616. The van der Waals surface area contributed by atoms with Gasteiger partial charge in [-0.1, -0.05) is 20.8 Å². The van der Waals surface area contributed by atoms with Crippen LogP contribution in [0.25, 0.3) is 0 Å². The molecule has 3 fully saturated rings. The molecule has 2 atom stereocenters. The SMILES string of the molecule is CC(C)(C)CC(=O)N(C1CC1)C1CC(C(=O)N2CCNCC2)N(C(=O)c2ccc(F)cc2)C1. The zero-order valence-corrected chi connectivity index (χ0v) is 19.8. The lowest BCUT2D eigenvalue weighted by Crippen LogP contribution is -2.53. The van der Waals surface area contributed by atoms with Gasteiger partial charge in [-0.3, -0.25) is 14.4 Å². The van der Waals surface area contributed by atoms with E-state index in [9.17, 15) is 18.8 Å². The molecule has 1 N–H and O–H groups in total. The van der Waals surface area contributed by atoms with Crippen molar-refractivity contribution in [2.75, 3.05) is 32.7 Å². The molecule has 0 bridgehead atoms. The number of halogens is 1. The molecule has 2 aliphatic heterocycles. The Bertz CT molecular complexity index is 888.